The Hall–Kier alpha value is -1.42. The third-order valence-electron chi connectivity index (χ3n) is 2.51. The van der Waals surface area contributed by atoms with Gasteiger partial charge in [0, 0.05) is 20.6 Å². The van der Waals surface area contributed by atoms with Gasteiger partial charge in [-0.2, -0.15) is 0 Å². The summed E-state index contributed by atoms with van der Waals surface area (Å²) in [5.74, 6) is 0.662. The van der Waals surface area contributed by atoms with E-state index in [4.69, 9.17) is 16.3 Å². The minimum Gasteiger partial charge on any atom is -0.495 e. The van der Waals surface area contributed by atoms with Crippen molar-refractivity contribution in [2.75, 3.05) is 27.7 Å². The monoisotopic (exact) mass is 256 g/mol. The van der Waals surface area contributed by atoms with Gasteiger partial charge in [-0.25, -0.2) is 4.79 Å². The van der Waals surface area contributed by atoms with Gasteiger partial charge in [0.15, 0.2) is 0 Å². The molecule has 2 amide bonds. The van der Waals surface area contributed by atoms with E-state index in [9.17, 15) is 4.79 Å². The molecule has 0 fully saturated rings. The summed E-state index contributed by atoms with van der Waals surface area (Å²) in [6.45, 7) is 0.641. The van der Waals surface area contributed by atoms with Crippen LogP contribution in [0.2, 0.25) is 5.02 Å². The molecule has 0 saturated carbocycles. The predicted octanol–water partition coefficient (Wildman–Crippen LogP) is 2.16. The highest BCUT2D eigenvalue weighted by Crippen LogP contribution is 2.25. The van der Waals surface area contributed by atoms with Crippen molar-refractivity contribution in [1.29, 1.82) is 0 Å². The number of urea groups is 1. The van der Waals surface area contributed by atoms with Gasteiger partial charge in [-0.05, 0) is 24.1 Å². The van der Waals surface area contributed by atoms with E-state index >= 15 is 0 Å². The molecule has 4 nitrogen and oxygen atoms in total. The van der Waals surface area contributed by atoms with Crippen molar-refractivity contribution < 1.29 is 9.53 Å². The van der Waals surface area contributed by atoms with Gasteiger partial charge in [0.2, 0.25) is 0 Å². The Labute approximate surface area is 107 Å². The third-order valence-corrected chi connectivity index (χ3v) is 2.81. The largest absolute Gasteiger partial charge is 0.495 e. The molecule has 0 radical (unpaired) electrons. The molecule has 5 heteroatoms. The van der Waals surface area contributed by atoms with Crippen molar-refractivity contribution in [3.8, 4) is 5.75 Å². The van der Waals surface area contributed by atoms with E-state index in [1.807, 2.05) is 18.2 Å². The fourth-order valence-electron chi connectivity index (χ4n) is 1.45. The number of halogens is 1. The van der Waals surface area contributed by atoms with Crippen LogP contribution in [-0.4, -0.2) is 38.7 Å². The average Bonchev–Trinajstić information content (AvgIpc) is 2.35. The van der Waals surface area contributed by atoms with Gasteiger partial charge < -0.3 is 15.0 Å². The quantitative estimate of drug-likeness (QED) is 0.897. The number of hydrogen-bond acceptors (Lipinski definition) is 2. The maximum absolute atomic E-state index is 11.3. The second-order valence-electron chi connectivity index (χ2n) is 3.70. The zero-order valence-corrected chi connectivity index (χ0v) is 11.0. The lowest BCUT2D eigenvalue weighted by Crippen LogP contribution is -2.36. The van der Waals surface area contributed by atoms with Crippen LogP contribution in [0.1, 0.15) is 5.56 Å². The van der Waals surface area contributed by atoms with Gasteiger partial charge in [-0.3, -0.25) is 0 Å². The normalized spacial score (nSPS) is 9.88. The lowest BCUT2D eigenvalue weighted by Gasteiger charge is -2.16. The molecule has 0 bridgehead atoms. The fraction of sp³-hybridized carbons (Fsp3) is 0.417. The van der Waals surface area contributed by atoms with E-state index in [-0.39, 0.29) is 6.03 Å². The van der Waals surface area contributed by atoms with E-state index in [0.717, 1.165) is 12.0 Å². The standard InChI is InChI=1S/C12H17ClN2O2/c1-14-12(16)15(2)7-6-9-4-5-11(17-3)10(13)8-9/h4-5,8H,6-7H2,1-3H3,(H,14,16). The SMILES string of the molecule is CNC(=O)N(C)CCc1ccc(OC)c(Cl)c1. The number of likely N-dealkylation sites (N-methyl/N-ethyl adjacent to an activating group) is 1. The highest BCUT2D eigenvalue weighted by atomic mass is 35.5. The summed E-state index contributed by atoms with van der Waals surface area (Å²) in [6.07, 6.45) is 0.758. The molecule has 0 atom stereocenters. The van der Waals surface area contributed by atoms with Crippen LogP contribution in [0.4, 0.5) is 4.79 Å². The van der Waals surface area contributed by atoms with Gasteiger partial charge in [0.05, 0.1) is 12.1 Å². The van der Waals surface area contributed by atoms with Crippen molar-refractivity contribution in [3.63, 3.8) is 0 Å². The average molecular weight is 257 g/mol. The number of methoxy groups -OCH3 is 1. The molecule has 0 aromatic heterocycles. The van der Waals surface area contributed by atoms with Crippen molar-refractivity contribution in [2.45, 2.75) is 6.42 Å². The molecule has 0 heterocycles. The van der Waals surface area contributed by atoms with Crippen molar-refractivity contribution in [1.82, 2.24) is 10.2 Å². The minimum atomic E-state index is -0.0930. The summed E-state index contributed by atoms with van der Waals surface area (Å²) < 4.78 is 5.07. The summed E-state index contributed by atoms with van der Waals surface area (Å²) in [5, 5.41) is 3.16. The third kappa shape index (κ3) is 3.82. The van der Waals surface area contributed by atoms with E-state index in [1.165, 1.54) is 0 Å². The van der Waals surface area contributed by atoms with Crippen LogP contribution >= 0.6 is 11.6 Å². The maximum Gasteiger partial charge on any atom is 0.316 e. The van der Waals surface area contributed by atoms with Gasteiger partial charge >= 0.3 is 6.03 Å². The molecular formula is C12H17ClN2O2. The lowest BCUT2D eigenvalue weighted by molar-refractivity contribution is 0.211. The first kappa shape index (κ1) is 13.6. The van der Waals surface area contributed by atoms with Gasteiger partial charge in [-0.1, -0.05) is 17.7 Å². The molecule has 94 valence electrons. The molecule has 1 N–H and O–H groups in total. The lowest BCUT2D eigenvalue weighted by atomic mass is 10.1. The molecule has 17 heavy (non-hydrogen) atoms. The van der Waals surface area contributed by atoms with Crippen molar-refractivity contribution in [3.05, 3.63) is 28.8 Å². The van der Waals surface area contributed by atoms with Crippen LogP contribution in [0.3, 0.4) is 0 Å². The number of amides is 2. The summed E-state index contributed by atoms with van der Waals surface area (Å²) in [7, 11) is 4.95. The van der Waals surface area contributed by atoms with Crippen LogP contribution in [0.5, 0.6) is 5.75 Å². The molecule has 0 saturated heterocycles. The topological polar surface area (TPSA) is 41.6 Å². The van der Waals surface area contributed by atoms with Crippen LogP contribution in [-0.2, 0) is 6.42 Å². The molecule has 0 aliphatic rings. The number of carbonyl (C=O) groups excluding carboxylic acids is 1. The Balaban J connectivity index is 2.58. The number of carbonyl (C=O) groups is 1. The number of ether oxygens (including phenoxy) is 1. The Kier molecular flexibility index (Phi) is 5.10. The first-order valence-corrected chi connectivity index (χ1v) is 5.71. The highest BCUT2D eigenvalue weighted by Gasteiger charge is 2.07. The molecule has 0 aliphatic carbocycles. The fourth-order valence-corrected chi connectivity index (χ4v) is 1.73. The van der Waals surface area contributed by atoms with Crippen molar-refractivity contribution in [2.24, 2.45) is 0 Å². The predicted molar refractivity (Wildman–Crippen MR) is 68.8 cm³/mol. The van der Waals surface area contributed by atoms with Crippen LogP contribution < -0.4 is 10.1 Å². The van der Waals surface area contributed by atoms with E-state index in [1.54, 1.807) is 26.1 Å². The Morgan fingerprint density at radius 1 is 1.53 bits per heavy atom. The Morgan fingerprint density at radius 2 is 2.24 bits per heavy atom. The van der Waals surface area contributed by atoms with Gasteiger partial charge in [-0.15, -0.1) is 0 Å². The Bertz CT molecular complexity index is 396. The summed E-state index contributed by atoms with van der Waals surface area (Å²) in [4.78, 5) is 12.9. The van der Waals surface area contributed by atoms with Crippen LogP contribution in [0, 0.1) is 0 Å². The molecular weight excluding hydrogens is 240 g/mol. The van der Waals surface area contributed by atoms with Gasteiger partial charge in [0.1, 0.15) is 5.75 Å². The van der Waals surface area contributed by atoms with Crippen molar-refractivity contribution >= 4 is 17.6 Å². The Morgan fingerprint density at radius 3 is 2.76 bits per heavy atom. The number of hydrogen-bond donors (Lipinski definition) is 1. The smallest absolute Gasteiger partial charge is 0.316 e. The maximum atomic E-state index is 11.3. The van der Waals surface area contributed by atoms with E-state index in [2.05, 4.69) is 5.32 Å². The number of rotatable bonds is 4. The molecule has 1 aromatic rings. The van der Waals surface area contributed by atoms with E-state index in [0.29, 0.717) is 17.3 Å². The number of nitrogens with zero attached hydrogens (tertiary/aromatic N) is 1. The summed E-state index contributed by atoms with van der Waals surface area (Å²) >= 11 is 6.02. The van der Waals surface area contributed by atoms with Gasteiger partial charge in [0.25, 0.3) is 0 Å². The van der Waals surface area contributed by atoms with Crippen LogP contribution in [0.25, 0.3) is 0 Å². The van der Waals surface area contributed by atoms with Crippen LogP contribution in [0.15, 0.2) is 18.2 Å². The molecule has 0 spiro atoms. The summed E-state index contributed by atoms with van der Waals surface area (Å²) in [5.41, 5.74) is 1.08. The molecule has 1 aromatic carbocycles. The highest BCUT2D eigenvalue weighted by molar-refractivity contribution is 6.32. The van der Waals surface area contributed by atoms with E-state index < -0.39 is 0 Å². The minimum absolute atomic E-state index is 0.0930. The number of benzene rings is 1. The first-order chi connectivity index (χ1) is 8.08. The molecule has 1 rings (SSSR count). The zero-order chi connectivity index (χ0) is 12.8. The second-order valence-corrected chi connectivity index (χ2v) is 4.10. The molecule has 0 aliphatic heterocycles. The summed E-state index contributed by atoms with van der Waals surface area (Å²) in [6, 6.07) is 5.54. The zero-order valence-electron chi connectivity index (χ0n) is 10.3. The molecule has 0 unspecified atom stereocenters. The first-order valence-electron chi connectivity index (χ1n) is 5.33. The second kappa shape index (κ2) is 6.35. The number of nitrogens with one attached hydrogen (secondary N) is 1.